The third kappa shape index (κ3) is 3.08. The highest BCUT2D eigenvalue weighted by atomic mass is 16.5. The van der Waals surface area contributed by atoms with Crippen LogP contribution in [-0.4, -0.2) is 25.7 Å². The van der Waals surface area contributed by atoms with Gasteiger partial charge in [0, 0.05) is 0 Å². The molecule has 0 saturated heterocycles. The minimum absolute atomic E-state index is 0.0749. The van der Waals surface area contributed by atoms with E-state index in [2.05, 4.69) is 4.74 Å². The monoisotopic (exact) mass is 222 g/mol. The second kappa shape index (κ2) is 5.90. The number of hydrogen-bond donors (Lipinski definition) is 0. The topological polar surface area (TPSA) is 52.6 Å². The molecule has 0 spiro atoms. The van der Waals surface area contributed by atoms with Crippen molar-refractivity contribution in [2.45, 2.75) is 13.3 Å². The minimum Gasteiger partial charge on any atom is -0.469 e. The van der Waals surface area contributed by atoms with Crippen molar-refractivity contribution in [2.24, 2.45) is 0 Å². The van der Waals surface area contributed by atoms with Crippen LogP contribution in [0.5, 0.6) is 0 Å². The molecule has 0 N–H and O–H groups in total. The number of methoxy groups -OCH3 is 1. The summed E-state index contributed by atoms with van der Waals surface area (Å²) in [5.41, 5.74) is 1.03. The highest BCUT2D eigenvalue weighted by Gasteiger charge is 2.14. The van der Waals surface area contributed by atoms with Gasteiger partial charge in [-0.2, -0.15) is 0 Å². The van der Waals surface area contributed by atoms with Gasteiger partial charge in [-0.25, -0.2) is 4.79 Å². The van der Waals surface area contributed by atoms with Crippen molar-refractivity contribution < 1.29 is 19.1 Å². The smallest absolute Gasteiger partial charge is 0.338 e. The average molecular weight is 222 g/mol. The Labute approximate surface area is 94.2 Å². The molecule has 0 aliphatic carbocycles. The maximum atomic E-state index is 11.6. The average Bonchev–Trinajstić information content (AvgIpc) is 2.30. The summed E-state index contributed by atoms with van der Waals surface area (Å²) in [5, 5.41) is 0. The van der Waals surface area contributed by atoms with Gasteiger partial charge in [-0.05, 0) is 18.6 Å². The lowest BCUT2D eigenvalue weighted by atomic mass is 10.0. The highest BCUT2D eigenvalue weighted by molar-refractivity contribution is 5.92. The first-order valence-electron chi connectivity index (χ1n) is 5.00. The van der Waals surface area contributed by atoms with Gasteiger partial charge in [0.05, 0.1) is 25.7 Å². The summed E-state index contributed by atoms with van der Waals surface area (Å²) in [5.74, 6) is -0.793. The van der Waals surface area contributed by atoms with Gasteiger partial charge in [-0.3, -0.25) is 4.79 Å². The third-order valence-corrected chi connectivity index (χ3v) is 2.08. The number of rotatable bonds is 4. The summed E-state index contributed by atoms with van der Waals surface area (Å²) in [7, 11) is 1.31. The fourth-order valence-corrected chi connectivity index (χ4v) is 1.31. The van der Waals surface area contributed by atoms with Gasteiger partial charge >= 0.3 is 11.9 Å². The molecular weight excluding hydrogens is 208 g/mol. The molecule has 16 heavy (non-hydrogen) atoms. The molecule has 0 saturated carbocycles. The molecule has 0 bridgehead atoms. The zero-order valence-corrected chi connectivity index (χ0v) is 9.36. The standard InChI is InChI=1S/C12H14O4/c1-3-16-12(14)10-7-5-4-6-9(10)8-11(13)15-2/h4-7H,3,8H2,1-2H3. The van der Waals surface area contributed by atoms with Crippen molar-refractivity contribution in [1.82, 2.24) is 0 Å². The van der Waals surface area contributed by atoms with Gasteiger partial charge in [0.25, 0.3) is 0 Å². The Bertz CT molecular complexity index is 384. The van der Waals surface area contributed by atoms with E-state index < -0.39 is 5.97 Å². The molecule has 0 amide bonds. The Morgan fingerprint density at radius 3 is 2.56 bits per heavy atom. The lowest BCUT2D eigenvalue weighted by molar-refractivity contribution is -0.139. The molecule has 0 aliphatic rings. The molecule has 86 valence electrons. The Balaban J connectivity index is 2.91. The molecule has 0 atom stereocenters. The number of carbonyl (C=O) groups is 2. The van der Waals surface area contributed by atoms with E-state index in [9.17, 15) is 9.59 Å². The van der Waals surface area contributed by atoms with Crippen LogP contribution in [0.25, 0.3) is 0 Å². The van der Waals surface area contributed by atoms with E-state index in [1.165, 1.54) is 7.11 Å². The molecule has 1 aromatic rings. The summed E-state index contributed by atoms with van der Waals surface area (Å²) in [6, 6.07) is 6.84. The Morgan fingerprint density at radius 2 is 1.94 bits per heavy atom. The molecule has 0 aliphatic heterocycles. The highest BCUT2D eigenvalue weighted by Crippen LogP contribution is 2.11. The van der Waals surface area contributed by atoms with Crippen LogP contribution in [0.2, 0.25) is 0 Å². The summed E-state index contributed by atoms with van der Waals surface area (Å²) >= 11 is 0. The fraction of sp³-hybridized carbons (Fsp3) is 0.333. The SMILES string of the molecule is CCOC(=O)c1ccccc1CC(=O)OC. The van der Waals surface area contributed by atoms with Crippen LogP contribution in [0, 0.1) is 0 Å². The van der Waals surface area contributed by atoms with Crippen molar-refractivity contribution in [3.63, 3.8) is 0 Å². The second-order valence-electron chi connectivity index (χ2n) is 3.13. The van der Waals surface area contributed by atoms with Crippen molar-refractivity contribution in [1.29, 1.82) is 0 Å². The van der Waals surface area contributed by atoms with Gasteiger partial charge in [0.2, 0.25) is 0 Å². The fourth-order valence-electron chi connectivity index (χ4n) is 1.31. The lowest BCUT2D eigenvalue weighted by Gasteiger charge is -2.07. The molecule has 1 rings (SSSR count). The summed E-state index contributed by atoms with van der Waals surface area (Å²) in [6.07, 6.45) is 0.0749. The quantitative estimate of drug-likeness (QED) is 0.726. The Morgan fingerprint density at radius 1 is 1.25 bits per heavy atom. The summed E-state index contributed by atoms with van der Waals surface area (Å²) in [4.78, 5) is 22.7. The van der Waals surface area contributed by atoms with E-state index in [4.69, 9.17) is 4.74 Å². The molecule has 0 heterocycles. The van der Waals surface area contributed by atoms with Gasteiger partial charge in [0.1, 0.15) is 0 Å². The maximum Gasteiger partial charge on any atom is 0.338 e. The van der Waals surface area contributed by atoms with E-state index in [0.717, 1.165) is 0 Å². The van der Waals surface area contributed by atoms with Gasteiger partial charge in [-0.15, -0.1) is 0 Å². The van der Waals surface area contributed by atoms with Crippen molar-refractivity contribution >= 4 is 11.9 Å². The van der Waals surface area contributed by atoms with E-state index in [1.54, 1.807) is 31.2 Å². The largest absolute Gasteiger partial charge is 0.469 e. The summed E-state index contributed by atoms with van der Waals surface area (Å²) < 4.78 is 9.45. The molecular formula is C12H14O4. The molecule has 0 fully saturated rings. The third-order valence-electron chi connectivity index (χ3n) is 2.08. The van der Waals surface area contributed by atoms with Crippen molar-refractivity contribution in [3.8, 4) is 0 Å². The van der Waals surface area contributed by atoms with E-state index >= 15 is 0 Å². The van der Waals surface area contributed by atoms with Gasteiger partial charge < -0.3 is 9.47 Å². The van der Waals surface area contributed by atoms with Gasteiger partial charge in [-0.1, -0.05) is 18.2 Å². The van der Waals surface area contributed by atoms with E-state index in [1.807, 2.05) is 0 Å². The Hall–Kier alpha value is -1.84. The van der Waals surface area contributed by atoms with Crippen LogP contribution in [-0.2, 0) is 20.7 Å². The first kappa shape index (κ1) is 12.2. The molecule has 1 aromatic carbocycles. The summed E-state index contributed by atoms with van der Waals surface area (Å²) in [6.45, 7) is 2.05. The van der Waals surface area contributed by atoms with Gasteiger partial charge in [0.15, 0.2) is 0 Å². The molecule has 4 heteroatoms. The first-order chi connectivity index (χ1) is 7.69. The number of ether oxygens (including phenoxy) is 2. The van der Waals surface area contributed by atoms with Crippen LogP contribution in [0.4, 0.5) is 0 Å². The van der Waals surface area contributed by atoms with Crippen LogP contribution in [0.3, 0.4) is 0 Å². The minimum atomic E-state index is -0.415. The van der Waals surface area contributed by atoms with Crippen molar-refractivity contribution in [2.75, 3.05) is 13.7 Å². The van der Waals surface area contributed by atoms with Crippen molar-refractivity contribution in [3.05, 3.63) is 35.4 Å². The molecule has 4 nitrogen and oxygen atoms in total. The number of esters is 2. The second-order valence-corrected chi connectivity index (χ2v) is 3.13. The van der Waals surface area contributed by atoms with Crippen LogP contribution >= 0.6 is 0 Å². The molecule has 0 radical (unpaired) electrons. The Kier molecular flexibility index (Phi) is 4.51. The lowest BCUT2D eigenvalue weighted by Crippen LogP contribution is -2.12. The number of hydrogen-bond acceptors (Lipinski definition) is 4. The van der Waals surface area contributed by atoms with Crippen LogP contribution in [0.15, 0.2) is 24.3 Å². The predicted molar refractivity (Wildman–Crippen MR) is 58.1 cm³/mol. The maximum absolute atomic E-state index is 11.6. The molecule has 0 unspecified atom stereocenters. The molecule has 0 aromatic heterocycles. The first-order valence-corrected chi connectivity index (χ1v) is 5.00. The number of carbonyl (C=O) groups excluding carboxylic acids is 2. The van der Waals surface area contributed by atoms with E-state index in [0.29, 0.717) is 17.7 Å². The predicted octanol–water partition coefficient (Wildman–Crippen LogP) is 1.58. The number of benzene rings is 1. The van der Waals surface area contributed by atoms with Crippen LogP contribution < -0.4 is 0 Å². The van der Waals surface area contributed by atoms with Crippen LogP contribution in [0.1, 0.15) is 22.8 Å². The zero-order chi connectivity index (χ0) is 12.0. The van der Waals surface area contributed by atoms with E-state index in [-0.39, 0.29) is 12.4 Å². The zero-order valence-electron chi connectivity index (χ0n) is 9.36. The normalized spacial score (nSPS) is 9.62.